The SMILES string of the molecule is N#Cc1cc(CCC=O)ccc1Br. The van der Waals surface area contributed by atoms with Gasteiger partial charge >= 0.3 is 0 Å². The maximum absolute atomic E-state index is 10.1. The number of hydrogen-bond donors (Lipinski definition) is 0. The van der Waals surface area contributed by atoms with E-state index in [2.05, 4.69) is 22.0 Å². The van der Waals surface area contributed by atoms with Crippen LogP contribution in [-0.2, 0) is 11.2 Å². The predicted molar refractivity (Wildman–Crippen MR) is 53.2 cm³/mol. The summed E-state index contributed by atoms with van der Waals surface area (Å²) in [5.74, 6) is 0. The smallest absolute Gasteiger partial charge is 0.120 e. The average molecular weight is 238 g/mol. The first-order valence-electron chi connectivity index (χ1n) is 3.90. The minimum absolute atomic E-state index is 0.506. The molecule has 3 heteroatoms. The topological polar surface area (TPSA) is 40.9 Å². The molecule has 66 valence electrons. The number of hydrogen-bond acceptors (Lipinski definition) is 2. The van der Waals surface area contributed by atoms with Crippen LogP contribution in [-0.4, -0.2) is 6.29 Å². The summed E-state index contributed by atoms with van der Waals surface area (Å²) in [4.78, 5) is 10.1. The van der Waals surface area contributed by atoms with E-state index >= 15 is 0 Å². The molecule has 0 unspecified atom stereocenters. The van der Waals surface area contributed by atoms with Crippen molar-refractivity contribution in [2.45, 2.75) is 12.8 Å². The number of carbonyl (C=O) groups is 1. The van der Waals surface area contributed by atoms with E-state index < -0.39 is 0 Å². The molecule has 0 aliphatic rings. The average Bonchev–Trinajstić information content (AvgIpc) is 2.16. The Morgan fingerprint density at radius 3 is 2.92 bits per heavy atom. The molecule has 0 aliphatic carbocycles. The molecule has 0 heterocycles. The highest BCUT2D eigenvalue weighted by molar-refractivity contribution is 9.10. The standard InChI is InChI=1S/C10H8BrNO/c11-10-4-3-8(2-1-5-13)6-9(10)7-12/h3-6H,1-2H2. The molecule has 0 amide bonds. The molecule has 0 saturated carbocycles. The lowest BCUT2D eigenvalue weighted by Crippen LogP contribution is -1.88. The van der Waals surface area contributed by atoms with Crippen LogP contribution in [0.4, 0.5) is 0 Å². The first kappa shape index (κ1) is 9.94. The molecule has 0 N–H and O–H groups in total. The van der Waals surface area contributed by atoms with Crippen molar-refractivity contribution >= 4 is 22.2 Å². The number of rotatable bonds is 3. The molecule has 1 aromatic carbocycles. The van der Waals surface area contributed by atoms with Gasteiger partial charge in [-0.15, -0.1) is 0 Å². The van der Waals surface area contributed by atoms with Crippen LogP contribution in [0.25, 0.3) is 0 Å². The van der Waals surface area contributed by atoms with E-state index in [9.17, 15) is 4.79 Å². The van der Waals surface area contributed by atoms with Crippen LogP contribution in [0, 0.1) is 11.3 Å². The van der Waals surface area contributed by atoms with Gasteiger partial charge in [0.25, 0.3) is 0 Å². The highest BCUT2D eigenvalue weighted by Gasteiger charge is 1.99. The van der Waals surface area contributed by atoms with Gasteiger partial charge in [0, 0.05) is 10.9 Å². The van der Waals surface area contributed by atoms with E-state index in [1.165, 1.54) is 0 Å². The van der Waals surface area contributed by atoms with E-state index in [-0.39, 0.29) is 0 Å². The molecule has 0 atom stereocenters. The summed E-state index contributed by atoms with van der Waals surface area (Å²) in [7, 11) is 0. The van der Waals surface area contributed by atoms with Crippen molar-refractivity contribution in [1.82, 2.24) is 0 Å². The van der Waals surface area contributed by atoms with Gasteiger partial charge in [0.15, 0.2) is 0 Å². The Kier molecular flexibility index (Phi) is 3.66. The van der Waals surface area contributed by atoms with Gasteiger partial charge in [0.1, 0.15) is 12.4 Å². The van der Waals surface area contributed by atoms with E-state index in [1.807, 2.05) is 12.1 Å². The normalized spacial score (nSPS) is 9.23. The van der Waals surface area contributed by atoms with Crippen molar-refractivity contribution in [3.63, 3.8) is 0 Å². The summed E-state index contributed by atoms with van der Waals surface area (Å²) in [6.07, 6.45) is 2.09. The van der Waals surface area contributed by atoms with Crippen molar-refractivity contribution < 1.29 is 4.79 Å². The minimum Gasteiger partial charge on any atom is -0.303 e. The van der Waals surface area contributed by atoms with Gasteiger partial charge in [-0.3, -0.25) is 0 Å². The second-order valence-electron chi connectivity index (χ2n) is 2.63. The number of halogens is 1. The lowest BCUT2D eigenvalue weighted by atomic mass is 10.1. The van der Waals surface area contributed by atoms with Crippen LogP contribution in [0.5, 0.6) is 0 Å². The molecule has 0 aliphatic heterocycles. The fourth-order valence-corrected chi connectivity index (χ4v) is 1.37. The zero-order valence-electron chi connectivity index (χ0n) is 6.96. The van der Waals surface area contributed by atoms with Gasteiger partial charge in [0.05, 0.1) is 5.56 Å². The number of nitriles is 1. The lowest BCUT2D eigenvalue weighted by Gasteiger charge is -1.99. The van der Waals surface area contributed by atoms with Crippen molar-refractivity contribution in [3.05, 3.63) is 33.8 Å². The third kappa shape index (κ3) is 2.67. The summed E-state index contributed by atoms with van der Waals surface area (Å²) in [6.45, 7) is 0. The molecular formula is C10H8BrNO. The Morgan fingerprint density at radius 2 is 2.31 bits per heavy atom. The zero-order chi connectivity index (χ0) is 9.68. The summed E-state index contributed by atoms with van der Waals surface area (Å²) in [5, 5.41) is 8.72. The van der Waals surface area contributed by atoms with E-state index in [4.69, 9.17) is 5.26 Å². The van der Waals surface area contributed by atoms with Crippen LogP contribution in [0.1, 0.15) is 17.5 Å². The molecule has 1 aromatic rings. The third-order valence-electron chi connectivity index (χ3n) is 1.70. The van der Waals surface area contributed by atoms with Crippen molar-refractivity contribution in [2.75, 3.05) is 0 Å². The summed E-state index contributed by atoms with van der Waals surface area (Å²) in [6, 6.07) is 7.62. The van der Waals surface area contributed by atoms with Gasteiger partial charge in [0.2, 0.25) is 0 Å². The summed E-state index contributed by atoms with van der Waals surface area (Å²) >= 11 is 3.27. The van der Waals surface area contributed by atoms with E-state index in [1.54, 1.807) is 6.07 Å². The van der Waals surface area contributed by atoms with Crippen LogP contribution in [0.2, 0.25) is 0 Å². The Morgan fingerprint density at radius 1 is 1.54 bits per heavy atom. The first-order valence-corrected chi connectivity index (χ1v) is 4.69. The van der Waals surface area contributed by atoms with Crippen LogP contribution in [0.15, 0.2) is 22.7 Å². The van der Waals surface area contributed by atoms with Crippen molar-refractivity contribution in [1.29, 1.82) is 5.26 Å². The number of benzene rings is 1. The van der Waals surface area contributed by atoms with Gasteiger partial charge < -0.3 is 4.79 Å². The van der Waals surface area contributed by atoms with Gasteiger partial charge in [-0.1, -0.05) is 6.07 Å². The number of aryl methyl sites for hydroxylation is 1. The summed E-state index contributed by atoms with van der Waals surface area (Å²) in [5.41, 5.74) is 1.63. The maximum Gasteiger partial charge on any atom is 0.120 e. The second kappa shape index (κ2) is 4.78. The molecule has 1 rings (SSSR count). The Bertz CT molecular complexity index is 354. The van der Waals surface area contributed by atoms with Crippen LogP contribution >= 0.6 is 15.9 Å². The quantitative estimate of drug-likeness (QED) is 0.759. The van der Waals surface area contributed by atoms with Gasteiger partial charge in [-0.2, -0.15) is 5.26 Å². The van der Waals surface area contributed by atoms with Crippen molar-refractivity contribution in [2.24, 2.45) is 0 Å². The Labute approximate surface area is 85.3 Å². The molecule has 0 aromatic heterocycles. The Balaban J connectivity index is 2.87. The van der Waals surface area contributed by atoms with E-state index in [0.717, 1.165) is 16.3 Å². The van der Waals surface area contributed by atoms with Crippen molar-refractivity contribution in [3.8, 4) is 6.07 Å². The molecule has 0 saturated heterocycles. The van der Waals surface area contributed by atoms with Crippen LogP contribution in [0.3, 0.4) is 0 Å². The fraction of sp³-hybridized carbons (Fsp3) is 0.200. The van der Waals surface area contributed by atoms with Gasteiger partial charge in [-0.25, -0.2) is 0 Å². The molecule has 2 nitrogen and oxygen atoms in total. The first-order chi connectivity index (χ1) is 6.27. The third-order valence-corrected chi connectivity index (χ3v) is 2.39. The van der Waals surface area contributed by atoms with Crippen LogP contribution < -0.4 is 0 Å². The number of aldehydes is 1. The molecule has 0 spiro atoms. The largest absolute Gasteiger partial charge is 0.303 e. The Hall–Kier alpha value is -1.14. The fourth-order valence-electron chi connectivity index (χ4n) is 1.04. The maximum atomic E-state index is 10.1. The highest BCUT2D eigenvalue weighted by Crippen LogP contribution is 2.17. The van der Waals surface area contributed by atoms with Gasteiger partial charge in [-0.05, 0) is 40.0 Å². The molecular weight excluding hydrogens is 230 g/mol. The molecule has 0 bridgehead atoms. The number of carbonyl (C=O) groups excluding carboxylic acids is 1. The molecule has 0 fully saturated rings. The van der Waals surface area contributed by atoms with E-state index in [0.29, 0.717) is 18.4 Å². The molecule has 0 radical (unpaired) electrons. The molecule has 13 heavy (non-hydrogen) atoms. The predicted octanol–water partition coefficient (Wildman–Crippen LogP) is 2.45. The number of nitrogens with zero attached hydrogens (tertiary/aromatic N) is 1. The summed E-state index contributed by atoms with van der Waals surface area (Å²) < 4.78 is 0.796. The second-order valence-corrected chi connectivity index (χ2v) is 3.49. The lowest BCUT2D eigenvalue weighted by molar-refractivity contribution is -0.107. The zero-order valence-corrected chi connectivity index (χ0v) is 8.54. The monoisotopic (exact) mass is 237 g/mol. The minimum atomic E-state index is 0.506. The highest BCUT2D eigenvalue weighted by atomic mass is 79.9.